The van der Waals surface area contributed by atoms with Crippen molar-refractivity contribution in [3.63, 3.8) is 0 Å². The summed E-state index contributed by atoms with van der Waals surface area (Å²) in [5.41, 5.74) is 3.36. The Hall–Kier alpha value is -3.24. The molecule has 31 heavy (non-hydrogen) atoms. The SMILES string of the molecule is COc1ccc(C=NNC(=O)CNC(=O)c2ccc(S(=O)(=O)N3CCCC3)cc2)cc1. The van der Waals surface area contributed by atoms with Crippen LogP contribution in [-0.4, -0.2) is 57.5 Å². The molecule has 9 nitrogen and oxygen atoms in total. The van der Waals surface area contributed by atoms with Crippen molar-refractivity contribution in [3.05, 3.63) is 59.7 Å². The molecule has 0 spiro atoms. The largest absolute Gasteiger partial charge is 0.497 e. The fourth-order valence-electron chi connectivity index (χ4n) is 3.03. The molecule has 0 bridgehead atoms. The molecule has 0 radical (unpaired) electrons. The summed E-state index contributed by atoms with van der Waals surface area (Å²) in [6.07, 6.45) is 3.18. The number of amides is 2. The molecule has 2 N–H and O–H groups in total. The zero-order chi connectivity index (χ0) is 22.3. The molecule has 2 aromatic rings. The van der Waals surface area contributed by atoms with Gasteiger partial charge in [-0.1, -0.05) is 0 Å². The van der Waals surface area contributed by atoms with E-state index in [2.05, 4.69) is 15.8 Å². The zero-order valence-corrected chi connectivity index (χ0v) is 17.9. The molecule has 1 heterocycles. The van der Waals surface area contributed by atoms with Crippen LogP contribution in [0.3, 0.4) is 0 Å². The Bertz CT molecular complexity index is 1040. The monoisotopic (exact) mass is 444 g/mol. The Morgan fingerprint density at radius 2 is 1.71 bits per heavy atom. The predicted octanol–water partition coefficient (Wildman–Crippen LogP) is 1.36. The van der Waals surface area contributed by atoms with Crippen molar-refractivity contribution in [2.24, 2.45) is 5.10 Å². The number of ether oxygens (including phenoxy) is 1. The lowest BCUT2D eigenvalue weighted by molar-refractivity contribution is -0.120. The maximum Gasteiger partial charge on any atom is 0.259 e. The van der Waals surface area contributed by atoms with Gasteiger partial charge in [-0.3, -0.25) is 9.59 Å². The number of hydrogen-bond donors (Lipinski definition) is 2. The van der Waals surface area contributed by atoms with E-state index >= 15 is 0 Å². The molecule has 2 amide bonds. The normalized spacial score (nSPS) is 14.5. The number of sulfonamides is 1. The van der Waals surface area contributed by atoms with Crippen LogP contribution in [0.4, 0.5) is 0 Å². The summed E-state index contributed by atoms with van der Waals surface area (Å²) in [6.45, 7) is 0.758. The van der Waals surface area contributed by atoms with Gasteiger partial charge in [0.2, 0.25) is 10.0 Å². The average molecular weight is 445 g/mol. The van der Waals surface area contributed by atoms with Gasteiger partial charge >= 0.3 is 0 Å². The van der Waals surface area contributed by atoms with Crippen molar-refractivity contribution >= 4 is 28.1 Å². The summed E-state index contributed by atoms with van der Waals surface area (Å²) in [5.74, 6) is -0.267. The fraction of sp³-hybridized carbons (Fsp3) is 0.286. The van der Waals surface area contributed by atoms with Crippen LogP contribution in [0, 0.1) is 0 Å². The van der Waals surface area contributed by atoms with E-state index in [4.69, 9.17) is 4.74 Å². The molecular weight excluding hydrogens is 420 g/mol. The van der Waals surface area contributed by atoms with Gasteiger partial charge in [0.15, 0.2) is 0 Å². The number of nitrogens with one attached hydrogen (secondary N) is 2. The van der Waals surface area contributed by atoms with Gasteiger partial charge in [-0.05, 0) is 66.9 Å². The molecule has 0 unspecified atom stereocenters. The number of benzene rings is 2. The number of hydrazone groups is 1. The van der Waals surface area contributed by atoms with E-state index < -0.39 is 21.8 Å². The van der Waals surface area contributed by atoms with Crippen LogP contribution < -0.4 is 15.5 Å². The summed E-state index contributed by atoms with van der Waals surface area (Å²) in [6, 6.07) is 12.8. The minimum atomic E-state index is -3.53. The molecule has 1 aliphatic heterocycles. The average Bonchev–Trinajstić information content (AvgIpc) is 3.34. The third kappa shape index (κ3) is 5.89. The summed E-state index contributed by atoms with van der Waals surface area (Å²) in [4.78, 5) is 24.2. The highest BCUT2D eigenvalue weighted by Gasteiger charge is 2.27. The summed E-state index contributed by atoms with van der Waals surface area (Å²) >= 11 is 0. The van der Waals surface area contributed by atoms with Gasteiger partial charge in [-0.2, -0.15) is 9.41 Å². The third-order valence-electron chi connectivity index (χ3n) is 4.75. The molecule has 2 aromatic carbocycles. The molecule has 0 aromatic heterocycles. The van der Waals surface area contributed by atoms with Crippen molar-refractivity contribution in [1.82, 2.24) is 15.0 Å². The Balaban J connectivity index is 1.48. The maximum absolute atomic E-state index is 12.5. The first-order valence-corrected chi connectivity index (χ1v) is 11.2. The lowest BCUT2D eigenvalue weighted by Crippen LogP contribution is -2.35. The number of hydrogen-bond acceptors (Lipinski definition) is 6. The van der Waals surface area contributed by atoms with Gasteiger partial charge in [0.05, 0.1) is 24.8 Å². The topological polar surface area (TPSA) is 117 Å². The van der Waals surface area contributed by atoms with Crippen LogP contribution in [0.5, 0.6) is 5.75 Å². The molecule has 1 saturated heterocycles. The number of rotatable bonds is 8. The van der Waals surface area contributed by atoms with E-state index in [1.54, 1.807) is 31.4 Å². The Morgan fingerprint density at radius 1 is 1.06 bits per heavy atom. The maximum atomic E-state index is 12.5. The van der Waals surface area contributed by atoms with Crippen molar-refractivity contribution in [1.29, 1.82) is 0 Å². The molecule has 0 aliphatic carbocycles. The number of carbonyl (C=O) groups is 2. The highest BCUT2D eigenvalue weighted by Crippen LogP contribution is 2.21. The Kier molecular flexibility index (Phi) is 7.37. The van der Waals surface area contributed by atoms with Crippen LogP contribution in [0.15, 0.2) is 58.5 Å². The number of carbonyl (C=O) groups excluding carboxylic acids is 2. The molecule has 10 heteroatoms. The van der Waals surface area contributed by atoms with E-state index in [9.17, 15) is 18.0 Å². The smallest absolute Gasteiger partial charge is 0.259 e. The quantitative estimate of drug-likeness (QED) is 0.471. The molecule has 3 rings (SSSR count). The van der Waals surface area contributed by atoms with Gasteiger partial charge in [-0.15, -0.1) is 0 Å². The van der Waals surface area contributed by atoms with Gasteiger partial charge in [0.25, 0.3) is 11.8 Å². The van der Waals surface area contributed by atoms with Crippen LogP contribution >= 0.6 is 0 Å². The van der Waals surface area contributed by atoms with Gasteiger partial charge in [0.1, 0.15) is 5.75 Å². The molecule has 0 saturated carbocycles. The van der Waals surface area contributed by atoms with Crippen LogP contribution in [0.25, 0.3) is 0 Å². The molecule has 164 valence electrons. The van der Waals surface area contributed by atoms with E-state index in [0.29, 0.717) is 18.8 Å². The highest BCUT2D eigenvalue weighted by molar-refractivity contribution is 7.89. The predicted molar refractivity (Wildman–Crippen MR) is 115 cm³/mol. The standard InChI is InChI=1S/C21H24N4O5S/c1-30-18-8-4-16(5-9-18)14-23-24-20(26)15-22-21(27)17-6-10-19(11-7-17)31(28,29)25-12-2-3-13-25/h4-11,14H,2-3,12-13,15H2,1H3,(H,22,27)(H,24,26). The van der Waals surface area contributed by atoms with Gasteiger partial charge in [-0.25, -0.2) is 13.8 Å². The summed E-state index contributed by atoms with van der Waals surface area (Å²) in [7, 11) is -1.96. The fourth-order valence-corrected chi connectivity index (χ4v) is 4.54. The molecule has 1 fully saturated rings. The molecule has 1 aliphatic rings. The van der Waals surface area contributed by atoms with Crippen molar-refractivity contribution < 1.29 is 22.7 Å². The van der Waals surface area contributed by atoms with E-state index in [0.717, 1.165) is 18.4 Å². The van der Waals surface area contributed by atoms with Gasteiger partial charge < -0.3 is 10.1 Å². The minimum Gasteiger partial charge on any atom is -0.497 e. The van der Waals surface area contributed by atoms with Crippen LogP contribution in [0.1, 0.15) is 28.8 Å². The first-order valence-electron chi connectivity index (χ1n) is 9.74. The Morgan fingerprint density at radius 3 is 2.32 bits per heavy atom. The van der Waals surface area contributed by atoms with Crippen LogP contribution in [-0.2, 0) is 14.8 Å². The molecular formula is C21H24N4O5S. The first kappa shape index (κ1) is 22.4. The minimum absolute atomic E-state index is 0.150. The second-order valence-electron chi connectivity index (χ2n) is 6.88. The van der Waals surface area contributed by atoms with Gasteiger partial charge in [0, 0.05) is 18.7 Å². The van der Waals surface area contributed by atoms with E-state index in [1.165, 1.54) is 34.8 Å². The Labute approximate surface area is 181 Å². The van der Waals surface area contributed by atoms with Crippen molar-refractivity contribution in [2.45, 2.75) is 17.7 Å². The number of methoxy groups -OCH3 is 1. The van der Waals surface area contributed by atoms with Crippen molar-refractivity contribution in [3.8, 4) is 5.75 Å². The van der Waals surface area contributed by atoms with E-state index in [-0.39, 0.29) is 17.0 Å². The van der Waals surface area contributed by atoms with Crippen molar-refractivity contribution in [2.75, 3.05) is 26.7 Å². The number of nitrogens with zero attached hydrogens (tertiary/aromatic N) is 2. The zero-order valence-electron chi connectivity index (χ0n) is 17.1. The lowest BCUT2D eigenvalue weighted by Gasteiger charge is -2.15. The summed E-state index contributed by atoms with van der Waals surface area (Å²) < 4.78 is 31.5. The second kappa shape index (κ2) is 10.2. The lowest BCUT2D eigenvalue weighted by atomic mass is 10.2. The first-order chi connectivity index (χ1) is 14.9. The molecule has 0 atom stereocenters. The van der Waals surface area contributed by atoms with Crippen LogP contribution in [0.2, 0.25) is 0 Å². The summed E-state index contributed by atoms with van der Waals surface area (Å²) in [5, 5.41) is 6.31. The third-order valence-corrected chi connectivity index (χ3v) is 6.66. The highest BCUT2D eigenvalue weighted by atomic mass is 32.2. The van der Waals surface area contributed by atoms with E-state index in [1.807, 2.05) is 0 Å². The second-order valence-corrected chi connectivity index (χ2v) is 8.82.